The molecule has 7 aromatic rings. The van der Waals surface area contributed by atoms with Gasteiger partial charge in [-0.2, -0.15) is 10.2 Å². The second-order valence-electron chi connectivity index (χ2n) is 11.0. The highest BCUT2D eigenvalue weighted by Gasteiger charge is 2.19. The van der Waals surface area contributed by atoms with Crippen molar-refractivity contribution in [1.29, 1.82) is 0 Å². The summed E-state index contributed by atoms with van der Waals surface area (Å²) in [4.78, 5) is 23.6. The third-order valence-electron chi connectivity index (χ3n) is 8.29. The summed E-state index contributed by atoms with van der Waals surface area (Å²) in [7, 11) is 0. The second kappa shape index (κ2) is 12.4. The number of carbonyl (C=O) groups is 1. The molecule has 1 atom stereocenters. The van der Waals surface area contributed by atoms with Crippen molar-refractivity contribution in [2.75, 3.05) is 19.6 Å². The molecule has 0 spiro atoms. The van der Waals surface area contributed by atoms with Gasteiger partial charge in [0.1, 0.15) is 0 Å². The summed E-state index contributed by atoms with van der Waals surface area (Å²) >= 11 is 3.40. The van der Waals surface area contributed by atoms with Gasteiger partial charge in [0.05, 0.1) is 34.8 Å². The number of pyridine rings is 3. The lowest BCUT2D eigenvalue weighted by Crippen LogP contribution is -2.42. The molecule has 1 N–H and O–H groups in total. The maximum Gasteiger partial charge on any atom is 0.251 e. The Kier molecular flexibility index (Phi) is 8.01. The van der Waals surface area contributed by atoms with E-state index in [1.165, 1.54) is 9.75 Å². The zero-order valence-electron chi connectivity index (χ0n) is 25.3. The number of hydrogen-bond donors (Lipinski definition) is 1. The van der Waals surface area contributed by atoms with Gasteiger partial charge >= 0.3 is 0 Å². The molecule has 0 aliphatic heterocycles. The van der Waals surface area contributed by atoms with Crippen molar-refractivity contribution < 1.29 is 4.79 Å². The molecule has 7 aromatic heterocycles. The average Bonchev–Trinajstić information content (AvgIpc) is 3.90. The molecule has 7 heterocycles. The number of hydrogen-bond acceptors (Lipinski definition) is 7. The van der Waals surface area contributed by atoms with E-state index in [2.05, 4.69) is 100 Å². The minimum Gasteiger partial charge on any atom is -0.350 e. The zero-order valence-corrected chi connectivity index (χ0v) is 27.0. The molecule has 0 radical (unpaired) electrons. The van der Waals surface area contributed by atoms with Crippen molar-refractivity contribution in [3.05, 3.63) is 102 Å². The van der Waals surface area contributed by atoms with Crippen molar-refractivity contribution in [3.8, 4) is 43.4 Å². The number of nitrogens with zero attached hydrogens (tertiary/aromatic N) is 6. The number of thiophene rings is 2. The Labute approximate surface area is 269 Å². The number of nitrogens with one attached hydrogen (secondary N) is 1. The van der Waals surface area contributed by atoms with Crippen molar-refractivity contribution in [3.63, 3.8) is 0 Å². The van der Waals surface area contributed by atoms with Crippen molar-refractivity contribution in [2.24, 2.45) is 0 Å². The molecule has 0 unspecified atom stereocenters. The number of likely N-dealkylation sites (N-methyl/N-ethyl adjacent to an activating group) is 1. The Morgan fingerprint density at radius 3 is 1.82 bits per heavy atom. The van der Waals surface area contributed by atoms with Gasteiger partial charge in [-0.25, -0.2) is 14.0 Å². The highest BCUT2D eigenvalue weighted by Crippen LogP contribution is 2.34. The van der Waals surface area contributed by atoms with E-state index in [0.717, 1.165) is 46.4 Å². The zero-order chi connectivity index (χ0) is 30.9. The quantitative estimate of drug-likeness (QED) is 0.168. The molecule has 0 aliphatic carbocycles. The molecule has 0 aromatic carbocycles. The lowest BCUT2D eigenvalue weighted by Gasteiger charge is -2.26. The fraction of sp³-hybridized carbons (Fsp3) is 0.200. The van der Waals surface area contributed by atoms with Gasteiger partial charge in [-0.05, 0) is 90.4 Å². The minimum atomic E-state index is -0.134. The fourth-order valence-corrected chi connectivity index (χ4v) is 7.25. The van der Waals surface area contributed by atoms with Crippen LogP contribution in [0.5, 0.6) is 0 Å². The highest BCUT2D eigenvalue weighted by atomic mass is 32.1. The summed E-state index contributed by atoms with van der Waals surface area (Å²) in [6, 6.07) is 20.7. The van der Waals surface area contributed by atoms with E-state index in [-0.39, 0.29) is 11.9 Å². The van der Waals surface area contributed by atoms with Gasteiger partial charge in [-0.15, -0.1) is 22.7 Å². The first kappa shape index (κ1) is 29.1. The van der Waals surface area contributed by atoms with E-state index in [1.54, 1.807) is 22.7 Å². The predicted octanol–water partition coefficient (Wildman–Crippen LogP) is 7.63. The second-order valence-corrected chi connectivity index (χ2v) is 12.9. The van der Waals surface area contributed by atoms with Gasteiger partial charge in [0.25, 0.3) is 5.91 Å². The smallest absolute Gasteiger partial charge is 0.251 e. The van der Waals surface area contributed by atoms with Crippen LogP contribution < -0.4 is 5.32 Å². The normalized spacial score (nSPS) is 12.4. The predicted molar refractivity (Wildman–Crippen MR) is 184 cm³/mol. The van der Waals surface area contributed by atoms with Crippen LogP contribution in [0.3, 0.4) is 0 Å². The van der Waals surface area contributed by atoms with E-state index < -0.39 is 0 Å². The minimum absolute atomic E-state index is 0.134. The molecule has 0 bridgehead atoms. The van der Waals surface area contributed by atoms with E-state index in [4.69, 9.17) is 4.98 Å². The van der Waals surface area contributed by atoms with Crippen molar-refractivity contribution in [1.82, 2.24) is 34.4 Å². The van der Waals surface area contributed by atoms with Gasteiger partial charge in [-0.1, -0.05) is 26.0 Å². The Hall–Kier alpha value is -4.64. The fourth-order valence-electron chi connectivity index (χ4n) is 5.80. The Bertz CT molecular complexity index is 1960. The summed E-state index contributed by atoms with van der Waals surface area (Å²) in [5, 5.41) is 16.6. The van der Waals surface area contributed by atoms with E-state index >= 15 is 0 Å². The lowest BCUT2D eigenvalue weighted by molar-refractivity contribution is 0.0938. The Morgan fingerprint density at radius 1 is 0.822 bits per heavy atom. The molecule has 8 nitrogen and oxygen atoms in total. The molecule has 226 valence electrons. The summed E-state index contributed by atoms with van der Waals surface area (Å²) in [5.41, 5.74) is 7.70. The first-order valence-corrected chi connectivity index (χ1v) is 16.9. The topological polar surface area (TPSA) is 79.8 Å². The molecule has 0 fully saturated rings. The van der Waals surface area contributed by atoms with Crippen LogP contribution in [0.15, 0.2) is 96.2 Å². The Balaban J connectivity index is 1.34. The summed E-state index contributed by atoms with van der Waals surface area (Å²) < 4.78 is 3.71. The summed E-state index contributed by atoms with van der Waals surface area (Å²) in [6.07, 6.45) is 7.60. The maximum absolute atomic E-state index is 13.7. The van der Waals surface area contributed by atoms with E-state index in [0.29, 0.717) is 23.5 Å². The van der Waals surface area contributed by atoms with Crippen LogP contribution in [-0.2, 0) is 0 Å². The summed E-state index contributed by atoms with van der Waals surface area (Å²) in [6.45, 7) is 8.84. The van der Waals surface area contributed by atoms with Crippen LogP contribution in [0.25, 0.3) is 54.4 Å². The van der Waals surface area contributed by atoms with Gasteiger partial charge < -0.3 is 5.32 Å². The first-order valence-electron chi connectivity index (χ1n) is 15.1. The Morgan fingerprint density at radius 2 is 1.36 bits per heavy atom. The van der Waals surface area contributed by atoms with Gasteiger partial charge in [0.2, 0.25) is 0 Å². The monoisotopic (exact) mass is 631 g/mol. The third kappa shape index (κ3) is 5.68. The maximum atomic E-state index is 13.7. The molecule has 10 heteroatoms. The number of amides is 1. The number of aromatic nitrogens is 5. The third-order valence-corrected chi connectivity index (χ3v) is 10.1. The largest absolute Gasteiger partial charge is 0.350 e. The number of carbonyl (C=O) groups excluding carboxylic acids is 1. The first-order chi connectivity index (χ1) is 22.0. The molecule has 7 rings (SSSR count). The molecule has 1 amide bonds. The number of rotatable bonds is 10. The van der Waals surface area contributed by atoms with Crippen LogP contribution in [0.2, 0.25) is 0 Å². The van der Waals surface area contributed by atoms with Gasteiger partial charge in [-0.3, -0.25) is 9.69 Å². The summed E-state index contributed by atoms with van der Waals surface area (Å²) in [5.74, 6) is -0.134. The highest BCUT2D eigenvalue weighted by molar-refractivity contribution is 7.13. The SMILES string of the molecule is CCN(CC)[C@@H](C)CNC(=O)c1cc(-c2cnn3ccc(-c4cccs4)cc23)nc(-c2cnn3ccc(-c4cccs4)cc23)c1. The van der Waals surface area contributed by atoms with Crippen molar-refractivity contribution in [2.45, 2.75) is 26.8 Å². The van der Waals surface area contributed by atoms with Crippen LogP contribution in [-0.4, -0.2) is 60.7 Å². The van der Waals surface area contributed by atoms with Crippen molar-refractivity contribution >= 4 is 39.6 Å². The average molecular weight is 632 g/mol. The lowest BCUT2D eigenvalue weighted by atomic mass is 10.0. The van der Waals surface area contributed by atoms with Gasteiger partial charge in [0.15, 0.2) is 0 Å². The van der Waals surface area contributed by atoms with E-state index in [9.17, 15) is 4.79 Å². The molecule has 0 saturated carbocycles. The molecular formula is C35H33N7OS2. The molecule has 0 aliphatic rings. The molecule has 0 saturated heterocycles. The van der Waals surface area contributed by atoms with E-state index in [1.807, 2.05) is 46.0 Å². The van der Waals surface area contributed by atoms with Gasteiger partial charge in [0, 0.05) is 51.4 Å². The van der Waals surface area contributed by atoms with Crippen LogP contribution in [0, 0.1) is 0 Å². The molecule has 45 heavy (non-hydrogen) atoms. The van der Waals surface area contributed by atoms with Crippen LogP contribution in [0.4, 0.5) is 0 Å². The number of fused-ring (bicyclic) bond motifs is 2. The van der Waals surface area contributed by atoms with Crippen LogP contribution in [0.1, 0.15) is 31.1 Å². The standard InChI is InChI=1S/C35H33N7OS2/c1-4-40(5-2)23(3)20-36-35(43)26-16-29(27-21-37-41-12-10-24(18-31(27)41)33-8-6-14-44-33)39-30(17-26)28-22-38-42-13-11-25(19-32(28)42)34-9-7-15-45-34/h6-19,21-23H,4-5,20H2,1-3H3,(H,36,43)/t23-/m0/s1. The molecular weight excluding hydrogens is 599 g/mol. The van der Waals surface area contributed by atoms with Crippen LogP contribution >= 0.6 is 22.7 Å².